The molecule has 0 N–H and O–H groups in total. The number of nitrogens with zero attached hydrogens (tertiary/aromatic N) is 5. The van der Waals surface area contributed by atoms with E-state index in [2.05, 4.69) is 15.4 Å². The molecular weight excluding hydrogens is 230 g/mol. The molecule has 2 heterocycles. The molecule has 6 heteroatoms. The van der Waals surface area contributed by atoms with Crippen molar-refractivity contribution >= 4 is 5.78 Å². The number of aryl methyl sites for hydroxylation is 3. The summed E-state index contributed by atoms with van der Waals surface area (Å²) in [5.41, 5.74) is 1.98. The number of aromatic nitrogens is 5. The van der Waals surface area contributed by atoms with Crippen molar-refractivity contribution in [1.82, 2.24) is 24.8 Å². The minimum Gasteiger partial charge on any atom is -0.287 e. The van der Waals surface area contributed by atoms with Crippen LogP contribution in [0.4, 0.5) is 0 Å². The summed E-state index contributed by atoms with van der Waals surface area (Å²) < 4.78 is 3.31. The Morgan fingerprint density at radius 3 is 2.83 bits per heavy atom. The summed E-state index contributed by atoms with van der Waals surface area (Å²) >= 11 is 0. The number of hydrogen-bond acceptors (Lipinski definition) is 4. The Labute approximate surface area is 106 Å². The van der Waals surface area contributed by atoms with Gasteiger partial charge in [0.2, 0.25) is 5.78 Å². The van der Waals surface area contributed by atoms with Crippen LogP contribution in [0.5, 0.6) is 0 Å². The lowest BCUT2D eigenvalue weighted by Crippen LogP contribution is -2.12. The molecule has 0 fully saturated rings. The Hall–Kier alpha value is -1.98. The molecule has 0 aliphatic rings. The van der Waals surface area contributed by atoms with Crippen LogP contribution >= 0.6 is 0 Å². The third-order valence-electron chi connectivity index (χ3n) is 2.77. The average Bonchev–Trinajstić information content (AvgIpc) is 2.95. The van der Waals surface area contributed by atoms with Crippen molar-refractivity contribution in [3.05, 3.63) is 29.3 Å². The van der Waals surface area contributed by atoms with Gasteiger partial charge in [-0.2, -0.15) is 5.10 Å². The number of ketones is 1. The Morgan fingerprint density at radius 2 is 2.17 bits per heavy atom. The zero-order valence-corrected chi connectivity index (χ0v) is 10.9. The maximum Gasteiger partial charge on any atom is 0.216 e. The molecule has 18 heavy (non-hydrogen) atoms. The summed E-state index contributed by atoms with van der Waals surface area (Å²) in [7, 11) is 1.82. The average molecular weight is 247 g/mol. The minimum atomic E-state index is -0.0570. The highest BCUT2D eigenvalue weighted by molar-refractivity contribution is 6.08. The lowest BCUT2D eigenvalue weighted by atomic mass is 10.1. The van der Waals surface area contributed by atoms with E-state index < -0.39 is 0 Å². The highest BCUT2D eigenvalue weighted by Crippen LogP contribution is 2.13. The monoisotopic (exact) mass is 247 g/mol. The summed E-state index contributed by atoms with van der Waals surface area (Å²) in [6, 6.07) is 0. The van der Waals surface area contributed by atoms with Crippen molar-refractivity contribution in [3.63, 3.8) is 0 Å². The van der Waals surface area contributed by atoms with Crippen molar-refractivity contribution < 1.29 is 4.79 Å². The molecule has 0 unspecified atom stereocenters. The van der Waals surface area contributed by atoms with Crippen LogP contribution in [0.25, 0.3) is 0 Å². The molecule has 6 nitrogen and oxygen atoms in total. The van der Waals surface area contributed by atoms with Gasteiger partial charge in [-0.05, 0) is 12.8 Å². The number of hydrogen-bond donors (Lipinski definition) is 0. The first kappa shape index (κ1) is 12.5. The van der Waals surface area contributed by atoms with E-state index in [0.717, 1.165) is 18.5 Å². The quantitative estimate of drug-likeness (QED) is 0.745. The fraction of sp³-hybridized carbons (Fsp3) is 0.500. The number of carbonyl (C=O) groups excluding carboxylic acids is 1. The lowest BCUT2D eigenvalue weighted by Gasteiger charge is -2.03. The molecule has 0 bridgehead atoms. The molecular formula is C12H17N5O. The second-order valence-corrected chi connectivity index (χ2v) is 4.19. The Bertz CT molecular complexity index is 555. The van der Waals surface area contributed by atoms with Crippen LogP contribution in [-0.2, 0) is 20.0 Å². The molecule has 0 amide bonds. The van der Waals surface area contributed by atoms with Gasteiger partial charge in [0.15, 0.2) is 0 Å². The van der Waals surface area contributed by atoms with Gasteiger partial charge in [-0.15, -0.1) is 5.10 Å². The molecule has 0 aromatic carbocycles. The summed E-state index contributed by atoms with van der Waals surface area (Å²) in [4.78, 5) is 12.4. The van der Waals surface area contributed by atoms with Crippen molar-refractivity contribution in [3.8, 4) is 0 Å². The summed E-state index contributed by atoms with van der Waals surface area (Å²) in [6.07, 6.45) is 4.92. The lowest BCUT2D eigenvalue weighted by molar-refractivity contribution is 0.102. The Morgan fingerprint density at radius 1 is 1.39 bits per heavy atom. The van der Waals surface area contributed by atoms with Crippen LogP contribution in [-0.4, -0.2) is 30.6 Å². The maximum absolute atomic E-state index is 12.4. The van der Waals surface area contributed by atoms with E-state index in [4.69, 9.17) is 0 Å². The van der Waals surface area contributed by atoms with Gasteiger partial charge in [-0.25, -0.2) is 4.68 Å². The minimum absolute atomic E-state index is 0.0570. The molecule has 2 aromatic heterocycles. The summed E-state index contributed by atoms with van der Waals surface area (Å²) in [6.45, 7) is 4.72. The molecule has 0 saturated carbocycles. The first-order valence-electron chi connectivity index (χ1n) is 6.13. The van der Waals surface area contributed by atoms with Gasteiger partial charge < -0.3 is 0 Å². The highest BCUT2D eigenvalue weighted by atomic mass is 16.1. The molecule has 2 aromatic rings. The molecule has 0 radical (unpaired) electrons. The van der Waals surface area contributed by atoms with Gasteiger partial charge in [-0.1, -0.05) is 19.1 Å². The van der Waals surface area contributed by atoms with E-state index >= 15 is 0 Å². The fourth-order valence-electron chi connectivity index (χ4n) is 1.93. The molecule has 2 rings (SSSR count). The number of rotatable bonds is 5. The van der Waals surface area contributed by atoms with E-state index in [-0.39, 0.29) is 5.78 Å². The standard InChI is InChI=1S/C12H17N5O/c1-4-6-17-11(7-13-15-17)12(18)9-8-16(3)14-10(9)5-2/h7-8H,4-6H2,1-3H3. The Balaban J connectivity index is 2.38. The third kappa shape index (κ3) is 2.18. The van der Waals surface area contributed by atoms with Crippen LogP contribution in [0, 0.1) is 0 Å². The van der Waals surface area contributed by atoms with Crippen molar-refractivity contribution in [2.24, 2.45) is 7.05 Å². The van der Waals surface area contributed by atoms with E-state index in [1.807, 2.05) is 20.9 Å². The molecule has 0 atom stereocenters. The highest BCUT2D eigenvalue weighted by Gasteiger charge is 2.20. The largest absolute Gasteiger partial charge is 0.287 e. The fourth-order valence-corrected chi connectivity index (χ4v) is 1.93. The van der Waals surface area contributed by atoms with E-state index in [1.165, 1.54) is 6.20 Å². The maximum atomic E-state index is 12.4. The van der Waals surface area contributed by atoms with Crippen LogP contribution in [0.15, 0.2) is 12.4 Å². The Kier molecular flexibility index (Phi) is 3.55. The molecule has 96 valence electrons. The summed E-state index contributed by atoms with van der Waals surface area (Å²) in [5.74, 6) is -0.0570. The number of carbonyl (C=O) groups is 1. The van der Waals surface area contributed by atoms with E-state index in [1.54, 1.807) is 15.6 Å². The second kappa shape index (κ2) is 5.12. The zero-order valence-electron chi connectivity index (χ0n) is 10.9. The topological polar surface area (TPSA) is 65.6 Å². The first-order valence-corrected chi connectivity index (χ1v) is 6.13. The first-order chi connectivity index (χ1) is 8.67. The van der Waals surface area contributed by atoms with Crippen molar-refractivity contribution in [1.29, 1.82) is 0 Å². The van der Waals surface area contributed by atoms with Crippen LogP contribution in [0.2, 0.25) is 0 Å². The third-order valence-corrected chi connectivity index (χ3v) is 2.77. The second-order valence-electron chi connectivity index (χ2n) is 4.19. The van der Waals surface area contributed by atoms with Gasteiger partial charge in [0.25, 0.3) is 0 Å². The van der Waals surface area contributed by atoms with Gasteiger partial charge in [0, 0.05) is 19.8 Å². The van der Waals surface area contributed by atoms with Crippen LogP contribution in [0.3, 0.4) is 0 Å². The predicted octanol–water partition coefficient (Wildman–Crippen LogP) is 1.22. The predicted molar refractivity (Wildman–Crippen MR) is 66.3 cm³/mol. The summed E-state index contributed by atoms with van der Waals surface area (Å²) in [5, 5.41) is 12.0. The smallest absolute Gasteiger partial charge is 0.216 e. The SMILES string of the molecule is CCCn1nncc1C(=O)c1cn(C)nc1CC. The van der Waals surface area contributed by atoms with Gasteiger partial charge in [-0.3, -0.25) is 9.48 Å². The van der Waals surface area contributed by atoms with Crippen molar-refractivity contribution in [2.45, 2.75) is 33.2 Å². The molecule has 0 saturated heterocycles. The normalized spacial score (nSPS) is 10.8. The molecule has 0 aliphatic heterocycles. The molecule has 0 aliphatic carbocycles. The van der Waals surface area contributed by atoms with Gasteiger partial charge in [0.05, 0.1) is 17.5 Å². The van der Waals surface area contributed by atoms with Crippen LogP contribution < -0.4 is 0 Å². The van der Waals surface area contributed by atoms with Gasteiger partial charge >= 0.3 is 0 Å². The van der Waals surface area contributed by atoms with E-state index in [0.29, 0.717) is 17.8 Å². The van der Waals surface area contributed by atoms with Crippen molar-refractivity contribution in [2.75, 3.05) is 0 Å². The zero-order chi connectivity index (χ0) is 13.1. The molecule has 0 spiro atoms. The van der Waals surface area contributed by atoms with Gasteiger partial charge in [0.1, 0.15) is 5.69 Å². The van der Waals surface area contributed by atoms with E-state index in [9.17, 15) is 4.79 Å². The van der Waals surface area contributed by atoms with Crippen LogP contribution in [0.1, 0.15) is 42.0 Å².